The zero-order valence-electron chi connectivity index (χ0n) is 9.56. The van der Waals surface area contributed by atoms with Gasteiger partial charge in [-0.2, -0.15) is 0 Å². The molecule has 2 aromatic rings. The summed E-state index contributed by atoms with van der Waals surface area (Å²) in [7, 11) is 1.96. The first kappa shape index (κ1) is 11.8. The van der Waals surface area contributed by atoms with Gasteiger partial charge in [0.2, 0.25) is 0 Å². The van der Waals surface area contributed by atoms with Gasteiger partial charge >= 0.3 is 0 Å². The highest BCUT2D eigenvalue weighted by Crippen LogP contribution is 2.23. The van der Waals surface area contributed by atoms with Gasteiger partial charge in [0, 0.05) is 18.8 Å². The van der Waals surface area contributed by atoms with E-state index in [4.69, 9.17) is 16.3 Å². The monoisotopic (exact) mass is 246 g/mol. The highest BCUT2D eigenvalue weighted by molar-refractivity contribution is 6.32. The second-order valence-corrected chi connectivity index (χ2v) is 4.06. The van der Waals surface area contributed by atoms with Crippen LogP contribution in [0.5, 0.6) is 5.75 Å². The summed E-state index contributed by atoms with van der Waals surface area (Å²) in [5.41, 5.74) is 1.10. The molecule has 0 aliphatic heterocycles. The summed E-state index contributed by atoms with van der Waals surface area (Å²) in [6.45, 7) is 0.435. The van der Waals surface area contributed by atoms with E-state index >= 15 is 0 Å². The van der Waals surface area contributed by atoms with Gasteiger partial charge in [-0.1, -0.05) is 41.9 Å². The first-order valence-corrected chi connectivity index (χ1v) is 5.70. The Morgan fingerprint density at radius 3 is 2.65 bits per heavy atom. The average molecular weight is 247 g/mol. The average Bonchev–Trinajstić information content (AvgIpc) is 2.38. The van der Waals surface area contributed by atoms with Crippen LogP contribution >= 0.6 is 11.6 Å². The molecule has 87 valence electrons. The van der Waals surface area contributed by atoms with Crippen LogP contribution in [0.25, 0.3) is 0 Å². The molecule has 0 unspecified atom stereocenters. The Balaban J connectivity index is 1.97. The van der Waals surface area contributed by atoms with Crippen LogP contribution < -0.4 is 9.64 Å². The zero-order chi connectivity index (χ0) is 12.1. The van der Waals surface area contributed by atoms with Crippen LogP contribution in [0.4, 0.5) is 5.69 Å². The van der Waals surface area contributed by atoms with Crippen molar-refractivity contribution in [2.24, 2.45) is 0 Å². The summed E-state index contributed by atoms with van der Waals surface area (Å²) in [4.78, 5) is 2.00. The van der Waals surface area contributed by atoms with E-state index in [1.54, 1.807) is 12.1 Å². The minimum atomic E-state index is 0.435. The van der Waals surface area contributed by atoms with Crippen molar-refractivity contribution >= 4 is 17.3 Å². The zero-order valence-corrected chi connectivity index (χ0v) is 10.3. The van der Waals surface area contributed by atoms with E-state index < -0.39 is 0 Å². The molecule has 0 aliphatic rings. The van der Waals surface area contributed by atoms with Crippen molar-refractivity contribution in [3.05, 3.63) is 59.6 Å². The Hall–Kier alpha value is -1.67. The molecule has 1 radical (unpaired) electrons. The lowest BCUT2D eigenvalue weighted by Gasteiger charge is -2.19. The van der Waals surface area contributed by atoms with Crippen molar-refractivity contribution in [3.63, 3.8) is 0 Å². The molecular weight excluding hydrogens is 234 g/mol. The Kier molecular flexibility index (Phi) is 3.89. The third-order valence-corrected chi connectivity index (χ3v) is 2.67. The standard InChI is InChI=1S/C14H13ClNO/c1-16(12-7-3-2-4-8-12)11-17-14-10-6-5-9-13(14)15/h2-9H,11H2,1H3. The van der Waals surface area contributed by atoms with E-state index in [0.717, 1.165) is 5.69 Å². The maximum atomic E-state index is 5.98. The van der Waals surface area contributed by atoms with Crippen molar-refractivity contribution in [3.8, 4) is 5.75 Å². The predicted molar refractivity (Wildman–Crippen MR) is 70.6 cm³/mol. The number of anilines is 1. The number of para-hydroxylation sites is 2. The van der Waals surface area contributed by atoms with E-state index in [1.807, 2.05) is 48.3 Å². The Bertz CT molecular complexity index is 473. The Morgan fingerprint density at radius 2 is 1.94 bits per heavy atom. The lowest BCUT2D eigenvalue weighted by atomic mass is 10.3. The Morgan fingerprint density at radius 1 is 1.18 bits per heavy atom. The molecule has 2 rings (SSSR count). The van der Waals surface area contributed by atoms with Crippen molar-refractivity contribution in [2.75, 3.05) is 18.7 Å². The van der Waals surface area contributed by atoms with Crippen LogP contribution in [0.3, 0.4) is 0 Å². The molecule has 2 nitrogen and oxygen atoms in total. The molecule has 0 saturated carbocycles. The van der Waals surface area contributed by atoms with Crippen LogP contribution in [0.1, 0.15) is 0 Å². The second kappa shape index (κ2) is 5.60. The first-order valence-electron chi connectivity index (χ1n) is 5.32. The highest BCUT2D eigenvalue weighted by atomic mass is 35.5. The fraction of sp³-hybridized carbons (Fsp3) is 0.143. The minimum absolute atomic E-state index is 0.435. The van der Waals surface area contributed by atoms with Crippen molar-refractivity contribution < 1.29 is 4.74 Å². The molecule has 2 aromatic carbocycles. The lowest BCUT2D eigenvalue weighted by Crippen LogP contribution is -2.22. The van der Waals surface area contributed by atoms with E-state index in [9.17, 15) is 0 Å². The highest BCUT2D eigenvalue weighted by Gasteiger charge is 2.03. The van der Waals surface area contributed by atoms with Gasteiger partial charge in [-0.25, -0.2) is 0 Å². The second-order valence-electron chi connectivity index (χ2n) is 3.65. The van der Waals surface area contributed by atoms with Gasteiger partial charge in [0.05, 0.1) is 5.02 Å². The SMILES string of the molecule is CN(COc1[c]cccc1Cl)c1ccccc1. The van der Waals surface area contributed by atoms with Crippen LogP contribution in [0.15, 0.2) is 48.5 Å². The van der Waals surface area contributed by atoms with Gasteiger partial charge in [0.25, 0.3) is 0 Å². The normalized spacial score (nSPS) is 10.0. The summed E-state index contributed by atoms with van der Waals surface area (Å²) in [6.07, 6.45) is 0. The van der Waals surface area contributed by atoms with Gasteiger partial charge in [-0.05, 0) is 18.2 Å². The van der Waals surface area contributed by atoms with Gasteiger partial charge in [0.15, 0.2) is 6.73 Å². The smallest absolute Gasteiger partial charge is 0.161 e. The number of hydrogen-bond acceptors (Lipinski definition) is 2. The van der Waals surface area contributed by atoms with Gasteiger partial charge < -0.3 is 9.64 Å². The Labute approximate surface area is 106 Å². The molecule has 0 saturated heterocycles. The van der Waals surface area contributed by atoms with Crippen LogP contribution in [0.2, 0.25) is 5.02 Å². The molecule has 0 fully saturated rings. The summed E-state index contributed by atoms with van der Waals surface area (Å²) < 4.78 is 5.59. The molecule has 0 aliphatic carbocycles. The molecule has 0 N–H and O–H groups in total. The topological polar surface area (TPSA) is 12.5 Å². The maximum Gasteiger partial charge on any atom is 0.161 e. The third-order valence-electron chi connectivity index (χ3n) is 2.37. The molecule has 0 spiro atoms. The number of benzene rings is 2. The van der Waals surface area contributed by atoms with Gasteiger partial charge in [-0.3, -0.25) is 0 Å². The van der Waals surface area contributed by atoms with Crippen LogP contribution in [-0.4, -0.2) is 13.8 Å². The summed E-state index contributed by atoms with van der Waals surface area (Å²) >= 11 is 5.98. The lowest BCUT2D eigenvalue weighted by molar-refractivity contribution is 0.320. The molecule has 17 heavy (non-hydrogen) atoms. The molecular formula is C14H13ClNO. The van der Waals surface area contributed by atoms with Crippen molar-refractivity contribution in [1.82, 2.24) is 0 Å². The van der Waals surface area contributed by atoms with Crippen molar-refractivity contribution in [2.45, 2.75) is 0 Å². The molecule has 0 atom stereocenters. The van der Waals surface area contributed by atoms with Crippen molar-refractivity contribution in [1.29, 1.82) is 0 Å². The van der Waals surface area contributed by atoms with Gasteiger partial charge in [0.1, 0.15) is 5.75 Å². The third kappa shape index (κ3) is 3.14. The molecule has 0 amide bonds. The van der Waals surface area contributed by atoms with Crippen LogP contribution in [-0.2, 0) is 0 Å². The number of halogens is 1. The first-order chi connectivity index (χ1) is 8.27. The number of hydrogen-bond donors (Lipinski definition) is 0. The summed E-state index contributed by atoms with van der Waals surface area (Å²) in [5.74, 6) is 0.581. The van der Waals surface area contributed by atoms with Gasteiger partial charge in [-0.15, -0.1) is 0 Å². The largest absolute Gasteiger partial charge is 0.471 e. The number of ether oxygens (including phenoxy) is 1. The fourth-order valence-electron chi connectivity index (χ4n) is 1.43. The molecule has 0 aromatic heterocycles. The molecule has 3 heteroatoms. The van der Waals surface area contributed by atoms with Crippen LogP contribution in [0, 0.1) is 6.07 Å². The van der Waals surface area contributed by atoms with E-state index in [1.165, 1.54) is 0 Å². The molecule has 0 bridgehead atoms. The minimum Gasteiger partial charge on any atom is -0.471 e. The summed E-state index contributed by atoms with van der Waals surface area (Å²) in [6, 6.07) is 18.4. The van der Waals surface area contributed by atoms with E-state index in [-0.39, 0.29) is 0 Å². The summed E-state index contributed by atoms with van der Waals surface area (Å²) in [5, 5.41) is 0.578. The maximum absolute atomic E-state index is 5.98. The number of rotatable bonds is 4. The molecule has 0 heterocycles. The van der Waals surface area contributed by atoms with E-state index in [2.05, 4.69) is 6.07 Å². The predicted octanol–water partition coefficient (Wildman–Crippen LogP) is 3.61. The van der Waals surface area contributed by atoms with E-state index in [0.29, 0.717) is 17.5 Å². The number of nitrogens with zero attached hydrogens (tertiary/aromatic N) is 1. The fourth-order valence-corrected chi connectivity index (χ4v) is 1.61. The quantitative estimate of drug-likeness (QED) is 0.764.